The summed E-state index contributed by atoms with van der Waals surface area (Å²) in [6, 6.07) is 18.4. The molecule has 3 aliphatic heterocycles. The number of nitrogens with two attached hydrogens (primary N) is 1. The number of amides is 7. The summed E-state index contributed by atoms with van der Waals surface area (Å²) in [5.41, 5.74) is 9.90. The summed E-state index contributed by atoms with van der Waals surface area (Å²) in [6.07, 6.45) is -3.28. The molecule has 0 aliphatic carbocycles. The number of primary amides is 1. The molecule has 1 saturated heterocycles. The van der Waals surface area contributed by atoms with Crippen LogP contribution in [0.3, 0.4) is 0 Å². The molecule has 7 amide bonds. The largest absolute Gasteiger partial charge is 0.394 e. The van der Waals surface area contributed by atoms with Gasteiger partial charge in [0.1, 0.15) is 48.9 Å². The maximum Gasteiger partial charge on any atom is 0.260 e. The Kier molecular flexibility index (Phi) is 17.1. The van der Waals surface area contributed by atoms with Crippen LogP contribution in [-0.4, -0.2) is 125 Å². The number of carbonyl (C=O) groups is 7. The number of nitrogens with zero attached hydrogens (tertiary/aromatic N) is 2. The SMILES string of the molecule is CC(=O)N[C@H]1[C@@H](OCc2ccccc2)O[C@H](CO)[C@@H](O)[C@@H]1OCC(=O)N[C@@H](C)C(=O)N[C@H](CCC(=O)NCCCCCC(=O)Nc1ccc2c(c1)CN1C(=O)c3ccccc3C1=N2)C(N)=O. The van der Waals surface area contributed by atoms with Crippen molar-refractivity contribution in [3.8, 4) is 0 Å². The molecule has 3 aromatic carbocycles. The molecule has 0 unspecified atom stereocenters. The molecular formula is C46H56N8O12. The number of ether oxygens (including phenoxy) is 3. The summed E-state index contributed by atoms with van der Waals surface area (Å²) in [7, 11) is 0. The van der Waals surface area contributed by atoms with Crippen molar-refractivity contribution in [2.24, 2.45) is 10.7 Å². The number of nitrogens with one attached hydrogen (secondary N) is 5. The maximum absolute atomic E-state index is 13.0. The van der Waals surface area contributed by atoms with Crippen LogP contribution in [0.2, 0.25) is 0 Å². The highest BCUT2D eigenvalue weighted by molar-refractivity contribution is 6.24. The number of aliphatic hydroxyl groups is 2. The Bertz CT molecular complexity index is 2290. The minimum atomic E-state index is -1.48. The summed E-state index contributed by atoms with van der Waals surface area (Å²) in [6.45, 7) is 2.03. The average molecular weight is 913 g/mol. The minimum Gasteiger partial charge on any atom is -0.394 e. The molecule has 352 valence electrons. The Labute approximate surface area is 381 Å². The van der Waals surface area contributed by atoms with Gasteiger partial charge in [-0.05, 0) is 61.6 Å². The number of aliphatic imine (C=N–C) groups is 1. The van der Waals surface area contributed by atoms with Crippen LogP contribution in [0.25, 0.3) is 0 Å². The van der Waals surface area contributed by atoms with Gasteiger partial charge >= 0.3 is 0 Å². The molecule has 20 heteroatoms. The maximum atomic E-state index is 13.0. The molecule has 6 rings (SSSR count). The molecule has 0 radical (unpaired) electrons. The molecule has 9 N–H and O–H groups in total. The standard InChI is InChI=1S/C46H56N8O12/c1-26(49-38(59)25-64-41-39(50-27(2)56)46(66-35(23-55)40(41)60)65-24-28-11-5-3-6-12-28)44(62)53-34(42(47)61)18-19-36(57)48-20-10-4-7-15-37(58)51-30-16-17-33-29(21-30)22-54-43(52-33)31-13-8-9-14-32(31)45(54)63/h3,5-6,8-9,11-14,16-17,21,26,34-35,39-41,46,55,60H,4,7,10,15,18-20,22-25H2,1-2H3,(H2,47,61)(H,48,57)(H,49,59)(H,50,56)(H,51,58)(H,53,62)/t26-,34+,35+,39+,40+,41+,46-/m0/s1. The van der Waals surface area contributed by atoms with Crippen molar-refractivity contribution in [1.82, 2.24) is 26.2 Å². The topological polar surface area (TPSA) is 289 Å². The van der Waals surface area contributed by atoms with Crippen molar-refractivity contribution in [3.63, 3.8) is 0 Å². The van der Waals surface area contributed by atoms with E-state index in [-0.39, 0.29) is 43.6 Å². The van der Waals surface area contributed by atoms with Crippen LogP contribution in [0, 0.1) is 0 Å². The Morgan fingerprint density at radius 2 is 1.65 bits per heavy atom. The number of benzene rings is 3. The molecule has 7 atom stereocenters. The molecule has 0 saturated carbocycles. The van der Waals surface area contributed by atoms with Crippen molar-refractivity contribution in [3.05, 3.63) is 95.1 Å². The molecule has 3 heterocycles. The van der Waals surface area contributed by atoms with Crippen LogP contribution in [0.15, 0.2) is 77.8 Å². The molecule has 20 nitrogen and oxygen atoms in total. The van der Waals surface area contributed by atoms with E-state index in [1.54, 1.807) is 17.0 Å². The average Bonchev–Trinajstić information content (AvgIpc) is 3.57. The first-order chi connectivity index (χ1) is 31.7. The lowest BCUT2D eigenvalue weighted by Crippen LogP contribution is -2.65. The Morgan fingerprint density at radius 3 is 2.38 bits per heavy atom. The third-order valence-electron chi connectivity index (χ3n) is 11.2. The molecule has 3 aromatic rings. The third-order valence-corrected chi connectivity index (χ3v) is 11.2. The van der Waals surface area contributed by atoms with Gasteiger partial charge in [0.15, 0.2) is 6.29 Å². The van der Waals surface area contributed by atoms with Gasteiger partial charge in [0.25, 0.3) is 5.91 Å². The highest BCUT2D eigenvalue weighted by Crippen LogP contribution is 2.35. The van der Waals surface area contributed by atoms with E-state index in [1.165, 1.54) is 13.8 Å². The van der Waals surface area contributed by atoms with E-state index in [9.17, 15) is 43.8 Å². The third kappa shape index (κ3) is 12.8. The van der Waals surface area contributed by atoms with Crippen LogP contribution in [0.4, 0.5) is 11.4 Å². The van der Waals surface area contributed by atoms with Crippen LogP contribution < -0.4 is 32.3 Å². The molecule has 0 spiro atoms. The lowest BCUT2D eigenvalue weighted by Gasteiger charge is -2.44. The molecule has 0 aromatic heterocycles. The van der Waals surface area contributed by atoms with Gasteiger partial charge in [-0.1, -0.05) is 55.0 Å². The highest BCUT2D eigenvalue weighted by atomic mass is 16.7. The fourth-order valence-corrected chi connectivity index (χ4v) is 7.76. The van der Waals surface area contributed by atoms with Gasteiger partial charge in [0, 0.05) is 37.6 Å². The zero-order chi connectivity index (χ0) is 47.3. The number of fused-ring (bicyclic) bond motifs is 4. The Morgan fingerprint density at radius 1 is 0.909 bits per heavy atom. The summed E-state index contributed by atoms with van der Waals surface area (Å²) >= 11 is 0. The second kappa shape index (κ2) is 23.0. The van der Waals surface area contributed by atoms with Crippen LogP contribution in [0.1, 0.15) is 79.4 Å². The van der Waals surface area contributed by atoms with Crippen LogP contribution in [-0.2, 0) is 56.1 Å². The Hall–Kier alpha value is -6.58. The zero-order valence-corrected chi connectivity index (χ0v) is 36.7. The summed E-state index contributed by atoms with van der Waals surface area (Å²) in [5.74, 6) is -2.96. The van der Waals surface area contributed by atoms with E-state index in [1.807, 2.05) is 60.7 Å². The van der Waals surface area contributed by atoms with E-state index in [0.29, 0.717) is 49.4 Å². The normalized spacial score (nSPS) is 20.4. The van der Waals surface area contributed by atoms with Gasteiger partial charge in [0.05, 0.1) is 31.0 Å². The van der Waals surface area contributed by atoms with E-state index in [4.69, 9.17) is 24.9 Å². The lowest BCUT2D eigenvalue weighted by molar-refractivity contribution is -0.279. The number of amidine groups is 1. The summed E-state index contributed by atoms with van der Waals surface area (Å²) < 4.78 is 17.4. The van der Waals surface area contributed by atoms with Gasteiger partial charge in [-0.15, -0.1) is 0 Å². The van der Waals surface area contributed by atoms with E-state index in [2.05, 4.69) is 26.6 Å². The first-order valence-electron chi connectivity index (χ1n) is 21.8. The number of hydrogen-bond acceptors (Lipinski definition) is 13. The number of anilines is 1. The number of carbonyl (C=O) groups excluding carboxylic acids is 7. The molecule has 0 bridgehead atoms. The predicted molar refractivity (Wildman–Crippen MR) is 237 cm³/mol. The highest BCUT2D eigenvalue weighted by Gasteiger charge is 2.47. The monoisotopic (exact) mass is 912 g/mol. The van der Waals surface area contributed by atoms with Crippen molar-refractivity contribution >= 4 is 58.6 Å². The Balaban J connectivity index is 0.867. The van der Waals surface area contributed by atoms with Gasteiger partial charge in [-0.3, -0.25) is 38.5 Å². The van der Waals surface area contributed by atoms with Crippen molar-refractivity contribution in [1.29, 1.82) is 0 Å². The smallest absolute Gasteiger partial charge is 0.260 e. The predicted octanol–water partition coefficient (Wildman–Crippen LogP) is 0.789. The van der Waals surface area contributed by atoms with Gasteiger partial charge in [-0.2, -0.15) is 0 Å². The van der Waals surface area contributed by atoms with Crippen molar-refractivity contribution < 1.29 is 58.0 Å². The van der Waals surface area contributed by atoms with Crippen LogP contribution >= 0.6 is 0 Å². The second-order valence-corrected chi connectivity index (χ2v) is 16.2. The zero-order valence-electron chi connectivity index (χ0n) is 36.7. The molecular weight excluding hydrogens is 857 g/mol. The van der Waals surface area contributed by atoms with Gasteiger partial charge in [-0.25, -0.2) is 4.99 Å². The number of aliphatic hydroxyl groups excluding tert-OH is 2. The van der Waals surface area contributed by atoms with Gasteiger partial charge in [0.2, 0.25) is 35.4 Å². The first-order valence-corrected chi connectivity index (χ1v) is 21.8. The second-order valence-electron chi connectivity index (χ2n) is 16.2. The van der Waals surface area contributed by atoms with Crippen LogP contribution in [0.5, 0.6) is 0 Å². The van der Waals surface area contributed by atoms with Crippen molar-refractivity contribution in [2.45, 2.75) is 108 Å². The minimum absolute atomic E-state index is 0.0647. The molecule has 1 fully saturated rings. The number of hydrogen-bond donors (Lipinski definition) is 8. The van der Waals surface area contributed by atoms with E-state index >= 15 is 0 Å². The first kappa shape index (κ1) is 48.9. The number of rotatable bonds is 22. The van der Waals surface area contributed by atoms with Gasteiger partial charge < -0.3 is 56.7 Å². The van der Waals surface area contributed by atoms with E-state index in [0.717, 1.165) is 22.4 Å². The summed E-state index contributed by atoms with van der Waals surface area (Å²) in [4.78, 5) is 94.7. The fraction of sp³-hybridized carbons (Fsp3) is 0.435. The summed E-state index contributed by atoms with van der Waals surface area (Å²) in [5, 5.41) is 34.0. The lowest BCUT2D eigenvalue weighted by atomic mass is 9.96. The van der Waals surface area contributed by atoms with E-state index < -0.39 is 79.6 Å². The molecule has 3 aliphatic rings. The fourth-order valence-electron chi connectivity index (χ4n) is 7.76. The quantitative estimate of drug-likeness (QED) is 0.0650. The molecule has 66 heavy (non-hydrogen) atoms. The van der Waals surface area contributed by atoms with Crippen molar-refractivity contribution in [2.75, 3.05) is 25.1 Å². The number of unbranched alkanes of at least 4 members (excludes halogenated alkanes) is 2.